The van der Waals surface area contributed by atoms with Crippen LogP contribution in [0.1, 0.15) is 36.6 Å². The molecule has 0 bridgehead atoms. The predicted octanol–water partition coefficient (Wildman–Crippen LogP) is 5.30. The van der Waals surface area contributed by atoms with Crippen molar-refractivity contribution < 1.29 is 32.9 Å². The van der Waals surface area contributed by atoms with Crippen molar-refractivity contribution >= 4 is 39.3 Å². The number of nitrogens with zero attached hydrogens (tertiary/aromatic N) is 2. The van der Waals surface area contributed by atoms with Crippen molar-refractivity contribution in [2.24, 2.45) is 4.99 Å². The number of rotatable bonds is 11. The van der Waals surface area contributed by atoms with E-state index in [-0.39, 0.29) is 23.6 Å². The standard InChI is InChI=1S/C33H30BrFN2O7S/c1-5-42-25-12-9-20(13-27(25)43-6-2)30-23(32(39)41-4)17-36-33-37(30)31(38)29(45-33)15-21-14-26(40-3)28(16-24(21)34)44-18-19-7-10-22(35)11-8-19/h7-17,30H,5-6,18H2,1-4H3/b29-15-/t30-/m0/s1. The summed E-state index contributed by atoms with van der Waals surface area (Å²) in [6, 6.07) is 14.1. The smallest absolute Gasteiger partial charge is 0.337 e. The van der Waals surface area contributed by atoms with E-state index in [1.807, 2.05) is 13.8 Å². The van der Waals surface area contributed by atoms with Crippen molar-refractivity contribution in [1.82, 2.24) is 4.57 Å². The van der Waals surface area contributed by atoms with E-state index in [9.17, 15) is 14.0 Å². The number of thiazole rings is 1. The Morgan fingerprint density at radius 3 is 2.38 bits per heavy atom. The van der Waals surface area contributed by atoms with Gasteiger partial charge in [-0.3, -0.25) is 9.36 Å². The number of esters is 1. The molecular weight excluding hydrogens is 667 g/mol. The molecule has 0 radical (unpaired) electrons. The van der Waals surface area contributed by atoms with Gasteiger partial charge in [0, 0.05) is 10.7 Å². The summed E-state index contributed by atoms with van der Waals surface area (Å²) in [7, 11) is 2.81. The molecule has 9 nitrogen and oxygen atoms in total. The van der Waals surface area contributed by atoms with Crippen LogP contribution in [-0.4, -0.2) is 38.0 Å². The summed E-state index contributed by atoms with van der Waals surface area (Å²) in [6.45, 7) is 4.80. The molecule has 12 heteroatoms. The summed E-state index contributed by atoms with van der Waals surface area (Å²) in [5.41, 5.74) is 1.95. The van der Waals surface area contributed by atoms with Crippen LogP contribution in [0.5, 0.6) is 23.0 Å². The minimum Gasteiger partial charge on any atom is -0.493 e. The second kappa shape index (κ2) is 14.1. The van der Waals surface area contributed by atoms with Crippen molar-refractivity contribution in [2.45, 2.75) is 26.5 Å². The summed E-state index contributed by atoms with van der Waals surface area (Å²) in [5, 5.41) is 0. The Balaban J connectivity index is 1.56. The van der Waals surface area contributed by atoms with Gasteiger partial charge in [0.05, 0.1) is 43.6 Å². The second-order valence-electron chi connectivity index (χ2n) is 9.69. The van der Waals surface area contributed by atoms with Crippen LogP contribution < -0.4 is 33.8 Å². The van der Waals surface area contributed by atoms with E-state index in [4.69, 9.17) is 23.7 Å². The number of ether oxygens (including phenoxy) is 5. The number of hydrogen-bond acceptors (Lipinski definition) is 9. The SMILES string of the molecule is CCOc1ccc([C@H]2C(C(=O)OC)=CN=c3s/c(=C\c4cc(OC)c(OCc5ccc(F)cc5)cc4Br)c(=O)n32)cc1OCC. The molecule has 45 heavy (non-hydrogen) atoms. The highest BCUT2D eigenvalue weighted by Crippen LogP contribution is 2.36. The molecule has 1 aliphatic rings. The fraction of sp³-hybridized carbons (Fsp3) is 0.242. The van der Waals surface area contributed by atoms with Crippen molar-refractivity contribution in [2.75, 3.05) is 27.4 Å². The molecule has 5 rings (SSSR count). The zero-order chi connectivity index (χ0) is 32.1. The van der Waals surface area contributed by atoms with Gasteiger partial charge in [0.2, 0.25) is 0 Å². The van der Waals surface area contributed by atoms with Gasteiger partial charge in [0.15, 0.2) is 27.8 Å². The lowest BCUT2D eigenvalue weighted by molar-refractivity contribution is -0.136. The summed E-state index contributed by atoms with van der Waals surface area (Å²) in [4.78, 5) is 31.7. The fourth-order valence-electron chi connectivity index (χ4n) is 4.80. The Bertz CT molecular complexity index is 1940. The number of benzene rings is 3. The average Bonchev–Trinajstić information content (AvgIpc) is 3.36. The molecule has 0 spiro atoms. The second-order valence-corrected chi connectivity index (χ2v) is 11.6. The third kappa shape index (κ3) is 6.81. The Morgan fingerprint density at radius 1 is 0.978 bits per heavy atom. The van der Waals surface area contributed by atoms with Gasteiger partial charge in [-0.1, -0.05) is 45.5 Å². The van der Waals surface area contributed by atoms with Gasteiger partial charge < -0.3 is 23.7 Å². The Kier molecular flexibility index (Phi) is 10.0. The Hall–Kier alpha value is -4.42. The van der Waals surface area contributed by atoms with Crippen LogP contribution in [0.25, 0.3) is 6.08 Å². The lowest BCUT2D eigenvalue weighted by Gasteiger charge is -2.23. The first-order valence-electron chi connectivity index (χ1n) is 14.0. The molecular formula is C33H30BrFN2O7S. The molecule has 1 aromatic heterocycles. The first kappa shape index (κ1) is 32.0. The number of halogens is 2. The van der Waals surface area contributed by atoms with Crippen LogP contribution in [0.15, 0.2) is 80.6 Å². The van der Waals surface area contributed by atoms with E-state index in [2.05, 4.69) is 20.9 Å². The van der Waals surface area contributed by atoms with Crippen LogP contribution in [0.2, 0.25) is 0 Å². The molecule has 0 fully saturated rings. The molecule has 0 saturated carbocycles. The summed E-state index contributed by atoms with van der Waals surface area (Å²) >= 11 is 4.78. The van der Waals surface area contributed by atoms with Crippen LogP contribution in [0, 0.1) is 5.82 Å². The lowest BCUT2D eigenvalue weighted by atomic mass is 9.97. The quantitative estimate of drug-likeness (QED) is 0.196. The summed E-state index contributed by atoms with van der Waals surface area (Å²) < 4.78 is 43.9. The number of hydrogen-bond donors (Lipinski definition) is 0. The largest absolute Gasteiger partial charge is 0.493 e. The number of fused-ring (bicyclic) bond motifs is 1. The van der Waals surface area contributed by atoms with Gasteiger partial charge in [0.25, 0.3) is 5.56 Å². The first-order chi connectivity index (χ1) is 21.8. The van der Waals surface area contributed by atoms with E-state index >= 15 is 0 Å². The third-order valence-electron chi connectivity index (χ3n) is 6.89. The molecule has 1 atom stereocenters. The van der Waals surface area contributed by atoms with E-state index in [1.165, 1.54) is 48.5 Å². The van der Waals surface area contributed by atoms with Gasteiger partial charge in [-0.05, 0) is 73.0 Å². The van der Waals surface area contributed by atoms with Crippen molar-refractivity contribution in [3.63, 3.8) is 0 Å². The zero-order valence-electron chi connectivity index (χ0n) is 25.0. The van der Waals surface area contributed by atoms with Gasteiger partial charge in [-0.25, -0.2) is 14.2 Å². The predicted molar refractivity (Wildman–Crippen MR) is 171 cm³/mol. The highest BCUT2D eigenvalue weighted by atomic mass is 79.9. The molecule has 4 aromatic rings. The molecule has 3 aromatic carbocycles. The van der Waals surface area contributed by atoms with Crippen molar-refractivity contribution in [1.29, 1.82) is 0 Å². The maximum absolute atomic E-state index is 14.0. The Labute approximate surface area is 270 Å². The van der Waals surface area contributed by atoms with Gasteiger partial charge in [0.1, 0.15) is 12.4 Å². The lowest BCUT2D eigenvalue weighted by Crippen LogP contribution is -2.39. The van der Waals surface area contributed by atoms with Gasteiger partial charge in [-0.2, -0.15) is 0 Å². The first-order valence-corrected chi connectivity index (χ1v) is 15.6. The highest BCUT2D eigenvalue weighted by Gasteiger charge is 2.31. The molecule has 0 amide bonds. The summed E-state index contributed by atoms with van der Waals surface area (Å²) in [6.07, 6.45) is 3.16. The van der Waals surface area contributed by atoms with Crippen molar-refractivity contribution in [3.8, 4) is 23.0 Å². The third-order valence-corrected chi connectivity index (χ3v) is 8.57. The van der Waals surface area contributed by atoms with Crippen molar-refractivity contribution in [3.05, 3.63) is 113 Å². The topological polar surface area (TPSA) is 97.6 Å². The maximum Gasteiger partial charge on any atom is 0.337 e. The minimum atomic E-state index is -0.814. The van der Waals surface area contributed by atoms with E-state index in [0.29, 0.717) is 61.1 Å². The molecule has 0 saturated heterocycles. The molecule has 0 aliphatic carbocycles. The number of methoxy groups -OCH3 is 2. The van der Waals surface area contributed by atoms with E-state index < -0.39 is 12.0 Å². The normalized spacial score (nSPS) is 14.2. The zero-order valence-corrected chi connectivity index (χ0v) is 27.4. The number of carbonyl (C=O) groups is 1. The number of aromatic nitrogens is 1. The fourth-order valence-corrected chi connectivity index (χ4v) is 6.20. The van der Waals surface area contributed by atoms with Crippen LogP contribution >= 0.6 is 27.3 Å². The molecule has 2 heterocycles. The van der Waals surface area contributed by atoms with Crippen LogP contribution in [0.4, 0.5) is 4.39 Å². The monoisotopic (exact) mass is 696 g/mol. The van der Waals surface area contributed by atoms with Crippen LogP contribution in [0.3, 0.4) is 0 Å². The average molecular weight is 698 g/mol. The maximum atomic E-state index is 14.0. The van der Waals surface area contributed by atoms with Gasteiger partial charge in [-0.15, -0.1) is 0 Å². The highest BCUT2D eigenvalue weighted by molar-refractivity contribution is 9.10. The van der Waals surface area contributed by atoms with E-state index in [1.54, 1.807) is 48.5 Å². The molecule has 234 valence electrons. The molecule has 1 aliphatic heterocycles. The Morgan fingerprint density at radius 2 is 1.69 bits per heavy atom. The van der Waals surface area contributed by atoms with E-state index in [0.717, 1.165) is 5.56 Å². The van der Waals surface area contributed by atoms with Gasteiger partial charge >= 0.3 is 5.97 Å². The summed E-state index contributed by atoms with van der Waals surface area (Å²) in [5.74, 6) is 1.05. The minimum absolute atomic E-state index is 0.202. The van der Waals surface area contributed by atoms with Crippen LogP contribution in [-0.2, 0) is 16.1 Å². The molecule has 0 N–H and O–H groups in total. The molecule has 0 unspecified atom stereocenters. The number of carbonyl (C=O) groups excluding carboxylic acids is 1.